The van der Waals surface area contributed by atoms with Gasteiger partial charge in [-0.1, -0.05) is 12.8 Å². The fraction of sp³-hybridized carbons (Fsp3) is 0.944. The SMILES string of the molecule is CN=C(NCC1(N(C)C)CCSC1)NC1CCN(C2CCCC2)C1. The molecule has 1 saturated carbocycles. The molecule has 3 aliphatic rings. The summed E-state index contributed by atoms with van der Waals surface area (Å²) in [5.74, 6) is 3.46. The summed E-state index contributed by atoms with van der Waals surface area (Å²) >= 11 is 2.07. The van der Waals surface area contributed by atoms with Crippen LogP contribution in [0.2, 0.25) is 0 Å². The molecule has 0 bridgehead atoms. The molecule has 1 aliphatic carbocycles. The van der Waals surface area contributed by atoms with E-state index in [2.05, 4.69) is 51.3 Å². The lowest BCUT2D eigenvalue weighted by Crippen LogP contribution is -2.55. The minimum absolute atomic E-state index is 0.272. The van der Waals surface area contributed by atoms with Crippen molar-refractivity contribution in [3.63, 3.8) is 0 Å². The predicted molar refractivity (Wildman–Crippen MR) is 105 cm³/mol. The number of hydrogen-bond donors (Lipinski definition) is 2. The summed E-state index contributed by atoms with van der Waals surface area (Å²) in [6.45, 7) is 3.41. The van der Waals surface area contributed by atoms with Crippen LogP contribution >= 0.6 is 11.8 Å². The first-order valence-corrected chi connectivity index (χ1v) is 10.7. The predicted octanol–water partition coefficient (Wildman–Crippen LogP) is 1.61. The standard InChI is InChI=1S/C18H35N5S/c1-19-17(20-13-18(22(2)3)9-11-24-14-18)21-15-8-10-23(12-15)16-6-4-5-7-16/h15-16H,4-14H2,1-3H3,(H2,19,20,21). The Morgan fingerprint density at radius 2 is 2.08 bits per heavy atom. The van der Waals surface area contributed by atoms with Crippen LogP contribution in [0.3, 0.4) is 0 Å². The third-order valence-electron chi connectivity index (χ3n) is 6.24. The third-order valence-corrected chi connectivity index (χ3v) is 7.48. The van der Waals surface area contributed by atoms with Crippen LogP contribution in [-0.2, 0) is 0 Å². The number of thioether (sulfide) groups is 1. The van der Waals surface area contributed by atoms with Gasteiger partial charge in [0.2, 0.25) is 0 Å². The fourth-order valence-corrected chi connectivity index (χ4v) is 5.94. The van der Waals surface area contributed by atoms with Gasteiger partial charge in [-0.3, -0.25) is 9.89 Å². The number of likely N-dealkylation sites (tertiary alicyclic amines) is 1. The Kier molecular flexibility index (Phi) is 6.33. The molecular formula is C18H35N5S. The monoisotopic (exact) mass is 353 g/mol. The van der Waals surface area contributed by atoms with Crippen LogP contribution in [0, 0.1) is 0 Å². The summed E-state index contributed by atoms with van der Waals surface area (Å²) in [6.07, 6.45) is 8.16. The maximum atomic E-state index is 4.48. The lowest BCUT2D eigenvalue weighted by atomic mass is 9.97. The van der Waals surface area contributed by atoms with E-state index in [0.29, 0.717) is 6.04 Å². The molecule has 2 N–H and O–H groups in total. The molecule has 0 aromatic heterocycles. The van der Waals surface area contributed by atoms with Gasteiger partial charge in [0.15, 0.2) is 5.96 Å². The van der Waals surface area contributed by atoms with Crippen molar-refractivity contribution in [2.75, 3.05) is 52.3 Å². The molecule has 2 heterocycles. The van der Waals surface area contributed by atoms with E-state index in [1.807, 2.05) is 7.05 Å². The Morgan fingerprint density at radius 1 is 1.29 bits per heavy atom. The van der Waals surface area contributed by atoms with Gasteiger partial charge in [-0.15, -0.1) is 0 Å². The quantitative estimate of drug-likeness (QED) is 0.581. The van der Waals surface area contributed by atoms with E-state index in [0.717, 1.165) is 18.5 Å². The van der Waals surface area contributed by atoms with E-state index in [-0.39, 0.29) is 5.54 Å². The van der Waals surface area contributed by atoms with Gasteiger partial charge in [-0.25, -0.2) is 0 Å². The highest BCUT2D eigenvalue weighted by molar-refractivity contribution is 7.99. The molecule has 3 rings (SSSR count). The Bertz CT molecular complexity index is 427. The molecule has 5 nitrogen and oxygen atoms in total. The molecule has 2 aliphatic heterocycles. The highest BCUT2D eigenvalue weighted by Gasteiger charge is 2.37. The molecule has 2 saturated heterocycles. The van der Waals surface area contributed by atoms with Gasteiger partial charge in [0.1, 0.15) is 0 Å². The first-order valence-electron chi connectivity index (χ1n) is 9.59. The van der Waals surface area contributed by atoms with E-state index in [1.54, 1.807) is 0 Å². The van der Waals surface area contributed by atoms with Crippen molar-refractivity contribution in [1.29, 1.82) is 0 Å². The van der Waals surface area contributed by atoms with Crippen molar-refractivity contribution in [3.05, 3.63) is 0 Å². The second-order valence-electron chi connectivity index (χ2n) is 7.91. The topological polar surface area (TPSA) is 42.9 Å². The van der Waals surface area contributed by atoms with E-state index >= 15 is 0 Å². The zero-order chi connectivity index (χ0) is 17.0. The Balaban J connectivity index is 1.47. The minimum Gasteiger partial charge on any atom is -0.355 e. The summed E-state index contributed by atoms with van der Waals surface area (Å²) < 4.78 is 0. The van der Waals surface area contributed by atoms with Crippen LogP contribution in [0.25, 0.3) is 0 Å². The number of hydrogen-bond acceptors (Lipinski definition) is 4. The number of guanidine groups is 1. The molecule has 2 atom stereocenters. The number of nitrogens with one attached hydrogen (secondary N) is 2. The maximum absolute atomic E-state index is 4.48. The molecule has 0 aromatic carbocycles. The summed E-state index contributed by atoms with van der Waals surface area (Å²) in [4.78, 5) is 9.57. The molecule has 2 unspecified atom stereocenters. The first kappa shape index (κ1) is 18.3. The zero-order valence-electron chi connectivity index (χ0n) is 15.7. The first-order chi connectivity index (χ1) is 11.6. The molecule has 6 heteroatoms. The summed E-state index contributed by atoms with van der Waals surface area (Å²) in [7, 11) is 6.31. The summed E-state index contributed by atoms with van der Waals surface area (Å²) in [5, 5.41) is 7.28. The van der Waals surface area contributed by atoms with Crippen molar-refractivity contribution in [2.24, 2.45) is 4.99 Å². The van der Waals surface area contributed by atoms with Crippen LogP contribution in [0.15, 0.2) is 4.99 Å². The van der Waals surface area contributed by atoms with Crippen LogP contribution in [0.4, 0.5) is 0 Å². The van der Waals surface area contributed by atoms with Crippen molar-refractivity contribution in [3.8, 4) is 0 Å². The van der Waals surface area contributed by atoms with Crippen LogP contribution < -0.4 is 10.6 Å². The molecule has 0 spiro atoms. The van der Waals surface area contributed by atoms with Gasteiger partial charge in [0, 0.05) is 50.1 Å². The minimum atomic E-state index is 0.272. The van der Waals surface area contributed by atoms with Gasteiger partial charge < -0.3 is 15.5 Å². The normalized spacial score (nSPS) is 32.8. The number of rotatable bonds is 5. The molecule has 0 radical (unpaired) electrons. The van der Waals surface area contributed by atoms with Crippen LogP contribution in [0.1, 0.15) is 38.5 Å². The van der Waals surface area contributed by atoms with E-state index < -0.39 is 0 Å². The lowest BCUT2D eigenvalue weighted by molar-refractivity contribution is 0.182. The van der Waals surface area contributed by atoms with Crippen molar-refractivity contribution in [2.45, 2.75) is 56.1 Å². The number of nitrogens with zero attached hydrogens (tertiary/aromatic N) is 3. The Labute approximate surface area is 152 Å². The van der Waals surface area contributed by atoms with E-state index in [9.17, 15) is 0 Å². The Morgan fingerprint density at radius 3 is 2.71 bits per heavy atom. The van der Waals surface area contributed by atoms with Crippen LogP contribution in [0.5, 0.6) is 0 Å². The lowest BCUT2D eigenvalue weighted by Gasteiger charge is -2.36. The summed E-state index contributed by atoms with van der Waals surface area (Å²) in [5.41, 5.74) is 0.272. The van der Waals surface area contributed by atoms with Gasteiger partial charge in [0.25, 0.3) is 0 Å². The second kappa shape index (κ2) is 8.28. The Hall–Kier alpha value is -0.460. The largest absolute Gasteiger partial charge is 0.355 e. The molecule has 0 amide bonds. The van der Waals surface area contributed by atoms with Crippen molar-refractivity contribution >= 4 is 17.7 Å². The number of aliphatic imine (C=N–C) groups is 1. The fourth-order valence-electron chi connectivity index (χ4n) is 4.39. The highest BCUT2D eigenvalue weighted by Crippen LogP contribution is 2.31. The molecule has 0 aromatic rings. The third kappa shape index (κ3) is 4.20. The van der Waals surface area contributed by atoms with Gasteiger partial charge in [0.05, 0.1) is 0 Å². The molecule has 138 valence electrons. The maximum Gasteiger partial charge on any atom is 0.191 e. The average molecular weight is 354 g/mol. The van der Waals surface area contributed by atoms with Crippen molar-refractivity contribution in [1.82, 2.24) is 20.4 Å². The van der Waals surface area contributed by atoms with Gasteiger partial charge in [-0.2, -0.15) is 11.8 Å². The van der Waals surface area contributed by atoms with E-state index in [4.69, 9.17) is 0 Å². The van der Waals surface area contributed by atoms with Gasteiger partial charge in [-0.05, 0) is 45.5 Å². The van der Waals surface area contributed by atoms with Crippen LogP contribution in [-0.4, -0.2) is 85.7 Å². The molecule has 3 fully saturated rings. The highest BCUT2D eigenvalue weighted by atomic mass is 32.2. The summed E-state index contributed by atoms with van der Waals surface area (Å²) in [6, 6.07) is 1.39. The molecule has 24 heavy (non-hydrogen) atoms. The zero-order valence-corrected chi connectivity index (χ0v) is 16.5. The smallest absolute Gasteiger partial charge is 0.191 e. The van der Waals surface area contributed by atoms with Gasteiger partial charge >= 0.3 is 0 Å². The average Bonchev–Trinajstić information content (AvgIpc) is 3.32. The van der Waals surface area contributed by atoms with E-state index in [1.165, 1.54) is 63.1 Å². The van der Waals surface area contributed by atoms with Crippen molar-refractivity contribution < 1.29 is 0 Å². The second-order valence-corrected chi connectivity index (χ2v) is 9.02. The molecular weight excluding hydrogens is 318 g/mol. The number of likely N-dealkylation sites (N-methyl/N-ethyl adjacent to an activating group) is 1.